The second kappa shape index (κ2) is 2.53. The number of carbonyl (C=O) groups is 1. The number of carbonyl (C=O) groups excluding carboxylic acids is 1. The Kier molecular flexibility index (Phi) is 1.85. The van der Waals surface area contributed by atoms with Crippen LogP contribution < -0.4 is 0 Å². The molecule has 1 rings (SSSR count). The number of ether oxygens (including phenoxy) is 1. The Labute approximate surface area is 66.5 Å². The molecule has 0 saturated carbocycles. The molecule has 0 amide bonds. The van der Waals surface area contributed by atoms with E-state index in [9.17, 15) is 4.79 Å². The largest absolute Gasteiger partial charge is 0.484 e. The van der Waals surface area contributed by atoms with Gasteiger partial charge in [0.2, 0.25) is 5.78 Å². The third-order valence-corrected chi connectivity index (χ3v) is 1.62. The van der Waals surface area contributed by atoms with E-state index in [2.05, 4.69) is 6.58 Å². The van der Waals surface area contributed by atoms with Crippen molar-refractivity contribution in [2.75, 3.05) is 0 Å². The molecule has 0 fully saturated rings. The van der Waals surface area contributed by atoms with E-state index in [0.717, 1.165) is 5.76 Å². The van der Waals surface area contributed by atoms with E-state index in [0.29, 0.717) is 6.42 Å². The van der Waals surface area contributed by atoms with Crippen molar-refractivity contribution < 1.29 is 9.53 Å². The highest BCUT2D eigenvalue weighted by molar-refractivity contribution is 5.98. The third kappa shape index (κ3) is 1.50. The number of ketones is 1. The number of allylic oxidation sites excluding steroid dienone is 1. The van der Waals surface area contributed by atoms with Crippen molar-refractivity contribution in [1.82, 2.24) is 0 Å². The molecule has 0 aromatic carbocycles. The zero-order valence-electron chi connectivity index (χ0n) is 6.89. The Morgan fingerprint density at radius 3 is 2.73 bits per heavy atom. The van der Waals surface area contributed by atoms with Crippen LogP contribution in [0.1, 0.15) is 20.3 Å². The number of hydrogen-bond acceptors (Lipinski definition) is 2. The summed E-state index contributed by atoms with van der Waals surface area (Å²) in [7, 11) is 0. The maximum absolute atomic E-state index is 11.1. The molecular weight excluding hydrogens is 140 g/mol. The molecule has 0 aromatic rings. The molecule has 0 bridgehead atoms. The van der Waals surface area contributed by atoms with E-state index >= 15 is 0 Å². The van der Waals surface area contributed by atoms with Crippen LogP contribution in [0, 0.1) is 0 Å². The van der Waals surface area contributed by atoms with E-state index in [1.807, 2.05) is 0 Å². The average molecular weight is 152 g/mol. The van der Waals surface area contributed by atoms with Gasteiger partial charge in [-0.15, -0.1) is 6.58 Å². The minimum Gasteiger partial charge on any atom is -0.484 e. The van der Waals surface area contributed by atoms with E-state index in [1.165, 1.54) is 0 Å². The van der Waals surface area contributed by atoms with Crippen LogP contribution >= 0.6 is 0 Å². The lowest BCUT2D eigenvalue weighted by Gasteiger charge is -2.17. The van der Waals surface area contributed by atoms with Gasteiger partial charge >= 0.3 is 0 Å². The van der Waals surface area contributed by atoms with Gasteiger partial charge in [0.05, 0.1) is 0 Å². The summed E-state index contributed by atoms with van der Waals surface area (Å²) in [5.41, 5.74) is -0.654. The van der Waals surface area contributed by atoms with Crippen molar-refractivity contribution in [3.8, 4) is 0 Å². The number of hydrogen-bond donors (Lipinski definition) is 0. The first kappa shape index (κ1) is 8.05. The quantitative estimate of drug-likeness (QED) is 0.564. The summed E-state index contributed by atoms with van der Waals surface area (Å²) in [6.07, 6.45) is 3.90. The zero-order valence-corrected chi connectivity index (χ0v) is 6.89. The maximum atomic E-state index is 11.1. The second-order valence-electron chi connectivity index (χ2n) is 3.08. The van der Waals surface area contributed by atoms with Gasteiger partial charge in [-0.1, -0.05) is 6.08 Å². The highest BCUT2D eigenvalue weighted by Gasteiger charge is 2.34. The van der Waals surface area contributed by atoms with Crippen molar-refractivity contribution in [3.63, 3.8) is 0 Å². The maximum Gasteiger partial charge on any atom is 0.201 e. The monoisotopic (exact) mass is 152 g/mol. The topological polar surface area (TPSA) is 26.3 Å². The molecule has 0 atom stereocenters. The van der Waals surface area contributed by atoms with Crippen LogP contribution in [0.5, 0.6) is 0 Å². The molecule has 0 radical (unpaired) electrons. The summed E-state index contributed by atoms with van der Waals surface area (Å²) >= 11 is 0. The van der Waals surface area contributed by atoms with Gasteiger partial charge < -0.3 is 4.74 Å². The van der Waals surface area contributed by atoms with Gasteiger partial charge in [-0.2, -0.15) is 0 Å². The fourth-order valence-electron chi connectivity index (χ4n) is 0.970. The van der Waals surface area contributed by atoms with E-state index < -0.39 is 5.60 Å². The molecule has 1 heterocycles. The Balaban J connectivity index is 2.71. The molecule has 0 N–H and O–H groups in total. The van der Waals surface area contributed by atoms with Gasteiger partial charge in [-0.25, -0.2) is 0 Å². The Morgan fingerprint density at radius 1 is 1.73 bits per heavy atom. The predicted molar refractivity (Wildman–Crippen MR) is 43.1 cm³/mol. The van der Waals surface area contributed by atoms with E-state index in [4.69, 9.17) is 4.74 Å². The normalized spacial score (nSPS) is 20.9. The first-order valence-electron chi connectivity index (χ1n) is 3.61. The van der Waals surface area contributed by atoms with Crippen LogP contribution in [0.3, 0.4) is 0 Å². The molecule has 2 heteroatoms. The van der Waals surface area contributed by atoms with Crippen LogP contribution in [0.15, 0.2) is 24.5 Å². The Hall–Kier alpha value is -1.05. The molecule has 1 aliphatic heterocycles. The Bertz CT molecular complexity index is 224. The van der Waals surface area contributed by atoms with Crippen molar-refractivity contribution in [2.24, 2.45) is 0 Å². The van der Waals surface area contributed by atoms with Crippen LogP contribution in [-0.2, 0) is 9.53 Å². The zero-order chi connectivity index (χ0) is 8.48. The van der Waals surface area contributed by atoms with Gasteiger partial charge in [0.1, 0.15) is 5.76 Å². The molecule has 0 spiro atoms. The summed E-state index contributed by atoms with van der Waals surface area (Å²) in [6.45, 7) is 7.10. The van der Waals surface area contributed by atoms with Crippen molar-refractivity contribution in [1.29, 1.82) is 0 Å². The van der Waals surface area contributed by atoms with Crippen molar-refractivity contribution in [2.45, 2.75) is 25.9 Å². The molecular formula is C9H12O2. The third-order valence-electron chi connectivity index (χ3n) is 1.62. The fourth-order valence-corrected chi connectivity index (χ4v) is 0.970. The second-order valence-corrected chi connectivity index (χ2v) is 3.08. The minimum absolute atomic E-state index is 0.0364. The van der Waals surface area contributed by atoms with E-state index in [-0.39, 0.29) is 5.78 Å². The molecule has 2 nitrogen and oxygen atoms in total. The van der Waals surface area contributed by atoms with Crippen LogP contribution in [0.4, 0.5) is 0 Å². The summed E-state index contributed by atoms with van der Waals surface area (Å²) in [5, 5.41) is 0. The lowest BCUT2D eigenvalue weighted by molar-refractivity contribution is -0.127. The van der Waals surface area contributed by atoms with Crippen LogP contribution in [0.2, 0.25) is 0 Å². The molecule has 11 heavy (non-hydrogen) atoms. The van der Waals surface area contributed by atoms with Gasteiger partial charge in [-0.3, -0.25) is 4.79 Å². The molecule has 1 aliphatic rings. The van der Waals surface area contributed by atoms with Gasteiger partial charge in [0.25, 0.3) is 0 Å². The SMILES string of the molecule is C=CCC1=CC(=O)C(C)(C)O1. The predicted octanol–water partition coefficient (Wildman–Crippen LogP) is 1.82. The smallest absolute Gasteiger partial charge is 0.201 e. The molecule has 0 saturated heterocycles. The Morgan fingerprint density at radius 2 is 2.36 bits per heavy atom. The average Bonchev–Trinajstić information content (AvgIpc) is 2.08. The highest BCUT2D eigenvalue weighted by Crippen LogP contribution is 2.25. The highest BCUT2D eigenvalue weighted by atomic mass is 16.5. The molecule has 0 unspecified atom stereocenters. The van der Waals surface area contributed by atoms with Gasteiger partial charge in [-0.05, 0) is 13.8 Å². The molecule has 60 valence electrons. The molecule has 0 aromatic heterocycles. The summed E-state index contributed by atoms with van der Waals surface area (Å²) < 4.78 is 5.34. The van der Waals surface area contributed by atoms with Gasteiger partial charge in [0, 0.05) is 12.5 Å². The summed E-state index contributed by atoms with van der Waals surface area (Å²) in [4.78, 5) is 11.1. The van der Waals surface area contributed by atoms with Crippen molar-refractivity contribution in [3.05, 3.63) is 24.5 Å². The fraction of sp³-hybridized carbons (Fsp3) is 0.444. The van der Waals surface area contributed by atoms with E-state index in [1.54, 1.807) is 26.0 Å². The van der Waals surface area contributed by atoms with Gasteiger partial charge in [0.15, 0.2) is 5.60 Å². The summed E-state index contributed by atoms with van der Waals surface area (Å²) in [6, 6.07) is 0. The lowest BCUT2D eigenvalue weighted by Crippen LogP contribution is -2.27. The first-order valence-corrected chi connectivity index (χ1v) is 3.61. The van der Waals surface area contributed by atoms with Crippen LogP contribution in [0.25, 0.3) is 0 Å². The standard InChI is InChI=1S/C9H12O2/c1-4-5-7-6-8(10)9(2,3)11-7/h4,6H,1,5H2,2-3H3. The minimum atomic E-state index is -0.654. The van der Waals surface area contributed by atoms with Crippen LogP contribution in [-0.4, -0.2) is 11.4 Å². The van der Waals surface area contributed by atoms with Crippen molar-refractivity contribution >= 4 is 5.78 Å². The lowest BCUT2D eigenvalue weighted by atomic mass is 10.1. The summed E-state index contributed by atoms with van der Waals surface area (Å²) in [5.74, 6) is 0.754. The molecule has 0 aliphatic carbocycles. The first-order chi connectivity index (χ1) is 5.06. The number of rotatable bonds is 2.